The molecule has 2 aromatic carbocycles. The minimum atomic E-state index is -0.859. The van der Waals surface area contributed by atoms with Crippen molar-refractivity contribution in [3.63, 3.8) is 0 Å². The summed E-state index contributed by atoms with van der Waals surface area (Å²) >= 11 is 8.09. The van der Waals surface area contributed by atoms with E-state index in [4.69, 9.17) is 0 Å². The smallest absolute Gasteiger partial charge is 0.329 e. The number of amides is 2. The molecule has 0 spiro atoms. The Morgan fingerprint density at radius 1 is 0.767 bits per heavy atom. The number of thiol groups is 2. The Bertz CT molecular complexity index is 888. The van der Waals surface area contributed by atoms with Crippen LogP contribution in [0.4, 0.5) is 0 Å². The third kappa shape index (κ3) is 5.67. The molecule has 2 unspecified atom stereocenters. The zero-order chi connectivity index (χ0) is 22.3. The highest BCUT2D eigenvalue weighted by atomic mass is 32.1. The van der Waals surface area contributed by atoms with E-state index in [1.165, 1.54) is 14.2 Å². The van der Waals surface area contributed by atoms with E-state index in [-0.39, 0.29) is 11.5 Å². The van der Waals surface area contributed by atoms with Crippen molar-refractivity contribution >= 4 is 59.8 Å². The van der Waals surface area contributed by atoms with E-state index in [1.807, 2.05) is 0 Å². The van der Waals surface area contributed by atoms with E-state index in [9.17, 15) is 19.2 Å². The van der Waals surface area contributed by atoms with Crippen LogP contribution in [0.3, 0.4) is 0 Å². The van der Waals surface area contributed by atoms with Crippen LogP contribution in [-0.2, 0) is 19.1 Å². The van der Waals surface area contributed by atoms with Gasteiger partial charge in [0.25, 0.3) is 11.8 Å². The van der Waals surface area contributed by atoms with Crippen molar-refractivity contribution in [1.82, 2.24) is 10.6 Å². The molecule has 0 saturated heterocycles. The number of benzene rings is 2. The van der Waals surface area contributed by atoms with Gasteiger partial charge in [0.2, 0.25) is 0 Å². The van der Waals surface area contributed by atoms with Crippen molar-refractivity contribution < 1.29 is 28.7 Å². The number of fused-ring (bicyclic) bond motifs is 1. The van der Waals surface area contributed by atoms with E-state index in [0.717, 1.165) is 10.8 Å². The second kappa shape index (κ2) is 10.9. The Morgan fingerprint density at radius 2 is 1.13 bits per heavy atom. The van der Waals surface area contributed by atoms with Gasteiger partial charge in [0.15, 0.2) is 0 Å². The van der Waals surface area contributed by atoms with Crippen LogP contribution in [0.2, 0.25) is 0 Å². The molecule has 30 heavy (non-hydrogen) atoms. The average Bonchev–Trinajstić information content (AvgIpc) is 2.78. The molecule has 0 fully saturated rings. The molecule has 0 radical (unpaired) electrons. The molecule has 0 heterocycles. The fraction of sp³-hybridized carbons (Fsp3) is 0.300. The molecule has 2 N–H and O–H groups in total. The average molecular weight is 451 g/mol. The summed E-state index contributed by atoms with van der Waals surface area (Å²) in [6, 6.07) is 8.10. The third-order valence-electron chi connectivity index (χ3n) is 4.31. The highest BCUT2D eigenvalue weighted by Gasteiger charge is 2.22. The predicted octanol–water partition coefficient (Wildman–Crippen LogP) is 1.24. The number of ether oxygens (including phenoxy) is 2. The Kier molecular flexibility index (Phi) is 8.55. The summed E-state index contributed by atoms with van der Waals surface area (Å²) in [5.74, 6) is -1.86. The monoisotopic (exact) mass is 450 g/mol. The summed E-state index contributed by atoms with van der Waals surface area (Å²) < 4.78 is 9.26. The second-order valence-corrected chi connectivity index (χ2v) is 6.97. The first kappa shape index (κ1) is 23.6. The summed E-state index contributed by atoms with van der Waals surface area (Å²) in [7, 11) is 2.47. The van der Waals surface area contributed by atoms with Crippen molar-refractivity contribution in [3.05, 3.63) is 47.5 Å². The molecule has 8 nitrogen and oxygen atoms in total. The van der Waals surface area contributed by atoms with Crippen molar-refractivity contribution in [3.8, 4) is 0 Å². The molecule has 0 aliphatic rings. The number of hydrogen-bond acceptors (Lipinski definition) is 8. The quantitative estimate of drug-likeness (QED) is 0.356. The van der Waals surface area contributed by atoms with Gasteiger partial charge in [-0.1, -0.05) is 12.1 Å². The topological polar surface area (TPSA) is 111 Å². The number of esters is 2. The van der Waals surface area contributed by atoms with Gasteiger partial charge < -0.3 is 20.1 Å². The predicted molar refractivity (Wildman–Crippen MR) is 118 cm³/mol. The minimum absolute atomic E-state index is 0.101. The molecule has 0 aromatic heterocycles. The van der Waals surface area contributed by atoms with Gasteiger partial charge in [-0.3, -0.25) is 9.59 Å². The number of carbonyl (C=O) groups is 4. The lowest BCUT2D eigenvalue weighted by atomic mass is 10.0. The van der Waals surface area contributed by atoms with Crippen LogP contribution in [0.15, 0.2) is 36.4 Å². The maximum Gasteiger partial charge on any atom is 0.329 e. The van der Waals surface area contributed by atoms with Gasteiger partial charge in [0, 0.05) is 22.6 Å². The summed E-state index contributed by atoms with van der Waals surface area (Å²) in [6.45, 7) is 0. The highest BCUT2D eigenvalue weighted by Crippen LogP contribution is 2.18. The van der Waals surface area contributed by atoms with E-state index in [0.29, 0.717) is 11.1 Å². The Balaban J connectivity index is 2.19. The minimum Gasteiger partial charge on any atom is -0.467 e. The van der Waals surface area contributed by atoms with Gasteiger partial charge in [0.05, 0.1) is 14.2 Å². The van der Waals surface area contributed by atoms with Gasteiger partial charge in [0.1, 0.15) is 12.1 Å². The normalized spacial score (nSPS) is 12.5. The zero-order valence-corrected chi connectivity index (χ0v) is 18.2. The van der Waals surface area contributed by atoms with Gasteiger partial charge in [-0.15, -0.1) is 0 Å². The first-order chi connectivity index (χ1) is 14.3. The summed E-state index contributed by atoms with van der Waals surface area (Å²) in [5, 5.41) is 6.58. The Morgan fingerprint density at radius 3 is 1.43 bits per heavy atom. The van der Waals surface area contributed by atoms with E-state index in [1.54, 1.807) is 36.4 Å². The lowest BCUT2D eigenvalue weighted by Gasteiger charge is -2.15. The summed E-state index contributed by atoms with van der Waals surface area (Å²) in [5.41, 5.74) is 0.687. The van der Waals surface area contributed by atoms with Crippen molar-refractivity contribution in [2.45, 2.75) is 12.1 Å². The molecule has 10 heteroatoms. The van der Waals surface area contributed by atoms with Crippen LogP contribution in [0.5, 0.6) is 0 Å². The van der Waals surface area contributed by atoms with Crippen molar-refractivity contribution in [1.29, 1.82) is 0 Å². The first-order valence-corrected chi connectivity index (χ1v) is 10.1. The molecule has 0 aliphatic carbocycles. The lowest BCUT2D eigenvalue weighted by Crippen LogP contribution is -2.43. The molecule has 160 valence electrons. The summed E-state index contributed by atoms with van der Waals surface area (Å²) in [4.78, 5) is 48.1. The molecule has 2 rings (SSSR count). The number of methoxy groups -OCH3 is 2. The number of hydrogen-bond donors (Lipinski definition) is 4. The molecule has 0 saturated carbocycles. The maximum absolute atomic E-state index is 12.4. The fourth-order valence-corrected chi connectivity index (χ4v) is 3.13. The van der Waals surface area contributed by atoms with Crippen molar-refractivity contribution in [2.24, 2.45) is 0 Å². The SMILES string of the molecule is COC(=O)C(CS)NC(=O)c1ccc2cc(C(=O)NC(CS)C(=O)OC)ccc2c1. The van der Waals surface area contributed by atoms with Crippen LogP contribution in [0, 0.1) is 0 Å². The number of rotatable bonds is 8. The van der Waals surface area contributed by atoms with E-state index in [2.05, 4.69) is 45.4 Å². The first-order valence-electron chi connectivity index (χ1n) is 8.87. The Labute approximate surface area is 184 Å². The standard InChI is InChI=1S/C20H22N2O6S2/c1-27-19(25)15(9-29)21-17(23)13-5-3-12-8-14(6-4-11(12)7-13)18(24)22-16(10-30)20(26)28-2/h3-8,15-16,29-30H,9-10H2,1-2H3,(H,21,23)(H,22,24). The van der Waals surface area contributed by atoms with Gasteiger partial charge >= 0.3 is 11.9 Å². The molecular formula is C20H22N2O6S2. The van der Waals surface area contributed by atoms with Gasteiger partial charge in [-0.25, -0.2) is 9.59 Å². The largest absolute Gasteiger partial charge is 0.467 e. The van der Waals surface area contributed by atoms with Gasteiger partial charge in [-0.2, -0.15) is 25.3 Å². The van der Waals surface area contributed by atoms with Crippen LogP contribution in [0.1, 0.15) is 20.7 Å². The second-order valence-electron chi connectivity index (χ2n) is 6.24. The maximum atomic E-state index is 12.4. The number of carbonyl (C=O) groups excluding carboxylic acids is 4. The zero-order valence-electron chi connectivity index (χ0n) is 16.4. The lowest BCUT2D eigenvalue weighted by molar-refractivity contribution is -0.143. The highest BCUT2D eigenvalue weighted by molar-refractivity contribution is 7.80. The van der Waals surface area contributed by atoms with Gasteiger partial charge in [-0.05, 0) is 35.0 Å². The third-order valence-corrected chi connectivity index (χ3v) is 5.04. The number of nitrogens with one attached hydrogen (secondary N) is 2. The van der Waals surface area contributed by atoms with E-state index >= 15 is 0 Å². The van der Waals surface area contributed by atoms with Crippen LogP contribution in [-0.4, -0.2) is 61.6 Å². The molecule has 2 amide bonds. The van der Waals surface area contributed by atoms with Crippen molar-refractivity contribution in [2.75, 3.05) is 25.7 Å². The molecule has 0 aliphatic heterocycles. The Hall–Kier alpha value is -2.72. The molecule has 2 aromatic rings. The van der Waals surface area contributed by atoms with E-state index < -0.39 is 35.8 Å². The molecule has 0 bridgehead atoms. The summed E-state index contributed by atoms with van der Waals surface area (Å²) in [6.07, 6.45) is 0. The van der Waals surface area contributed by atoms with Crippen LogP contribution < -0.4 is 10.6 Å². The van der Waals surface area contributed by atoms with Crippen LogP contribution >= 0.6 is 25.3 Å². The molecule has 2 atom stereocenters. The fourth-order valence-electron chi connectivity index (χ4n) is 2.65. The van der Waals surface area contributed by atoms with Crippen LogP contribution in [0.25, 0.3) is 10.8 Å². The molecular weight excluding hydrogens is 428 g/mol.